The average molecular weight is 386 g/mol. The molecule has 1 aromatic carbocycles. The molecule has 9 nitrogen and oxygen atoms in total. The van der Waals surface area contributed by atoms with Gasteiger partial charge in [0.05, 0.1) is 11.9 Å². The summed E-state index contributed by atoms with van der Waals surface area (Å²) < 4.78 is 12.7. The molecule has 1 aromatic heterocycles. The number of amidine groups is 1. The van der Waals surface area contributed by atoms with Crippen LogP contribution in [0.3, 0.4) is 0 Å². The molecular weight excluding hydrogens is 370 g/mol. The number of hydrogen-bond acceptors (Lipinski definition) is 9. The highest BCUT2D eigenvalue weighted by Crippen LogP contribution is 2.48. The maximum absolute atomic E-state index is 6.29. The van der Waals surface area contributed by atoms with Crippen LogP contribution in [0, 0.1) is 0 Å². The summed E-state index contributed by atoms with van der Waals surface area (Å²) in [6, 6.07) is 8.16. The van der Waals surface area contributed by atoms with Gasteiger partial charge in [0.15, 0.2) is 11.7 Å². The van der Waals surface area contributed by atoms with E-state index in [0.29, 0.717) is 25.2 Å². The topological polar surface area (TPSA) is 73.5 Å². The van der Waals surface area contributed by atoms with Crippen LogP contribution in [0.1, 0.15) is 24.3 Å². The molecule has 0 atom stereocenters. The molecular formula is C17H16ClN7O2. The number of methoxy groups -OCH3 is 1. The minimum absolute atomic E-state index is 0.399. The summed E-state index contributed by atoms with van der Waals surface area (Å²) in [5.41, 5.74) is 1.70. The van der Waals surface area contributed by atoms with Crippen LogP contribution in [-0.4, -0.2) is 45.9 Å². The lowest BCUT2D eigenvalue weighted by Crippen LogP contribution is -2.49. The third-order valence-electron chi connectivity index (χ3n) is 5.39. The Hall–Kier alpha value is -2.78. The van der Waals surface area contributed by atoms with E-state index >= 15 is 0 Å². The number of rotatable bonds is 3. The Labute approximate surface area is 160 Å². The van der Waals surface area contributed by atoms with E-state index in [2.05, 4.69) is 27.2 Å². The summed E-state index contributed by atoms with van der Waals surface area (Å²) in [5.74, 6) is 2.72. The van der Waals surface area contributed by atoms with Gasteiger partial charge in [0.2, 0.25) is 0 Å². The second-order valence-corrected chi connectivity index (χ2v) is 7.34. The van der Waals surface area contributed by atoms with Gasteiger partial charge < -0.3 is 14.2 Å². The van der Waals surface area contributed by atoms with Gasteiger partial charge in [0.1, 0.15) is 18.9 Å². The predicted octanol–water partition coefficient (Wildman–Crippen LogP) is 2.19. The summed E-state index contributed by atoms with van der Waals surface area (Å²) in [5, 5.41) is 8.06. The Bertz CT molecular complexity index is 999. The number of hydrogen-bond donors (Lipinski definition) is 0. The number of aromatic nitrogens is 2. The second-order valence-electron chi connectivity index (χ2n) is 6.91. The zero-order valence-corrected chi connectivity index (χ0v) is 15.3. The first kappa shape index (κ1) is 15.3. The third-order valence-corrected chi connectivity index (χ3v) is 5.59. The minimum Gasteiger partial charge on any atom is -0.368 e. The Morgan fingerprint density at radius 3 is 2.93 bits per heavy atom. The number of hydrazine groups is 1. The highest BCUT2D eigenvalue weighted by atomic mass is 35.5. The molecule has 2 aromatic rings. The summed E-state index contributed by atoms with van der Waals surface area (Å²) in [7, 11) is 1.67. The fraction of sp³-hybridized carbons (Fsp3) is 0.353. The van der Waals surface area contributed by atoms with Crippen molar-refractivity contribution in [1.29, 1.82) is 0 Å². The Morgan fingerprint density at radius 1 is 1.26 bits per heavy atom. The van der Waals surface area contributed by atoms with Crippen LogP contribution in [0.2, 0.25) is 0 Å². The van der Waals surface area contributed by atoms with Gasteiger partial charge in [-0.3, -0.25) is 4.42 Å². The first-order valence-corrected chi connectivity index (χ1v) is 9.06. The normalized spacial score (nSPS) is 21.7. The van der Waals surface area contributed by atoms with Crippen LogP contribution < -0.4 is 9.91 Å². The van der Waals surface area contributed by atoms with Gasteiger partial charge in [-0.05, 0) is 30.1 Å². The predicted molar refractivity (Wildman–Crippen MR) is 97.5 cm³/mol. The van der Waals surface area contributed by atoms with Crippen molar-refractivity contribution in [2.45, 2.75) is 18.4 Å². The Balaban J connectivity index is 1.42. The van der Waals surface area contributed by atoms with Gasteiger partial charge in [-0.15, -0.1) is 0 Å². The molecule has 1 aliphatic carbocycles. The third kappa shape index (κ3) is 2.00. The van der Waals surface area contributed by atoms with Gasteiger partial charge >= 0.3 is 0 Å². The molecule has 0 amide bonds. The summed E-state index contributed by atoms with van der Waals surface area (Å²) in [6.07, 6.45) is 3.66. The van der Waals surface area contributed by atoms with Crippen LogP contribution in [0.4, 0.5) is 11.6 Å². The quantitative estimate of drug-likeness (QED) is 0.744. The highest BCUT2D eigenvalue weighted by molar-refractivity contribution is 6.15. The zero-order valence-electron chi connectivity index (χ0n) is 14.5. The van der Waals surface area contributed by atoms with E-state index in [0.717, 1.165) is 35.7 Å². The lowest BCUT2D eigenvalue weighted by Gasteiger charge is -2.39. The first-order chi connectivity index (χ1) is 13.2. The maximum Gasteiger partial charge on any atom is 0.287 e. The van der Waals surface area contributed by atoms with Crippen LogP contribution in [0.15, 0.2) is 45.8 Å². The number of ether oxygens (including phenoxy) is 1. The van der Waals surface area contributed by atoms with Crippen LogP contribution in [-0.2, 0) is 10.3 Å². The largest absolute Gasteiger partial charge is 0.368 e. The number of para-hydroxylation sites is 1. The van der Waals surface area contributed by atoms with E-state index in [1.165, 1.54) is 0 Å². The van der Waals surface area contributed by atoms with Crippen molar-refractivity contribution in [2.75, 3.05) is 30.4 Å². The molecule has 0 spiro atoms. The molecule has 0 N–H and O–H groups in total. The first-order valence-electron chi connectivity index (χ1n) is 8.73. The van der Waals surface area contributed by atoms with Crippen LogP contribution in [0.5, 0.6) is 0 Å². The smallest absolute Gasteiger partial charge is 0.287 e. The molecule has 1 fully saturated rings. The van der Waals surface area contributed by atoms with Gasteiger partial charge in [-0.2, -0.15) is 4.98 Å². The number of fused-ring (bicyclic) bond motifs is 6. The Morgan fingerprint density at radius 2 is 2.11 bits per heavy atom. The van der Waals surface area contributed by atoms with Crippen molar-refractivity contribution in [3.8, 4) is 0 Å². The van der Waals surface area contributed by atoms with Gasteiger partial charge in [0.25, 0.3) is 11.8 Å². The maximum atomic E-state index is 6.29. The van der Waals surface area contributed by atoms with E-state index in [1.54, 1.807) is 11.5 Å². The summed E-state index contributed by atoms with van der Waals surface area (Å²) in [6.45, 7) is 0.950. The van der Waals surface area contributed by atoms with E-state index in [1.807, 2.05) is 28.4 Å². The minimum atomic E-state index is -0.422. The molecule has 3 aliphatic heterocycles. The fourth-order valence-electron chi connectivity index (χ4n) is 3.80. The zero-order chi connectivity index (χ0) is 18.2. The van der Waals surface area contributed by atoms with Gasteiger partial charge in [-0.25, -0.2) is 15.0 Å². The van der Waals surface area contributed by atoms with E-state index in [4.69, 9.17) is 26.0 Å². The molecule has 0 bridgehead atoms. The molecule has 0 unspecified atom stereocenters. The molecule has 138 valence electrons. The van der Waals surface area contributed by atoms with Gasteiger partial charge in [0, 0.05) is 24.4 Å². The number of aliphatic imine (C=N–C) groups is 1. The Kier molecular flexibility index (Phi) is 2.91. The summed E-state index contributed by atoms with van der Waals surface area (Å²) >= 11 is 6.29. The van der Waals surface area contributed by atoms with Crippen molar-refractivity contribution < 1.29 is 9.26 Å². The highest BCUT2D eigenvalue weighted by Gasteiger charge is 2.51. The molecule has 27 heavy (non-hydrogen) atoms. The fourth-order valence-corrected chi connectivity index (χ4v) is 3.99. The molecule has 0 saturated heterocycles. The van der Waals surface area contributed by atoms with E-state index < -0.39 is 5.60 Å². The molecule has 6 rings (SSSR count). The van der Waals surface area contributed by atoms with Crippen molar-refractivity contribution in [2.24, 2.45) is 4.99 Å². The van der Waals surface area contributed by atoms with Crippen LogP contribution >= 0.6 is 11.8 Å². The van der Waals surface area contributed by atoms with Crippen molar-refractivity contribution in [3.05, 3.63) is 47.7 Å². The summed E-state index contributed by atoms with van der Waals surface area (Å²) in [4.78, 5) is 11.5. The van der Waals surface area contributed by atoms with Gasteiger partial charge in [-0.1, -0.05) is 12.1 Å². The number of anilines is 2. The average Bonchev–Trinajstić information content (AvgIpc) is 3.03. The molecule has 0 radical (unpaired) electrons. The SMILES string of the molecule is COC1(c2nc(N3CN=C4c5ccccc5N5CN(Cl)C=C5N43)no2)CC1. The monoisotopic (exact) mass is 385 g/mol. The lowest BCUT2D eigenvalue weighted by molar-refractivity contribution is 0.0492. The van der Waals surface area contributed by atoms with Crippen LogP contribution in [0.25, 0.3) is 0 Å². The lowest BCUT2D eigenvalue weighted by atomic mass is 10.1. The number of nitrogens with zero attached hydrogens (tertiary/aromatic N) is 7. The van der Waals surface area contributed by atoms with E-state index in [-0.39, 0.29) is 0 Å². The van der Waals surface area contributed by atoms with Crippen molar-refractivity contribution >= 4 is 29.2 Å². The molecule has 1 saturated carbocycles. The second kappa shape index (κ2) is 5.14. The molecule has 10 heteroatoms. The van der Waals surface area contributed by atoms with E-state index in [9.17, 15) is 0 Å². The van der Waals surface area contributed by atoms with Crippen molar-refractivity contribution in [1.82, 2.24) is 19.6 Å². The molecule has 4 aliphatic rings. The molecule has 4 heterocycles. The van der Waals surface area contributed by atoms with Crippen molar-refractivity contribution in [3.63, 3.8) is 0 Å². The standard InChI is InChI=1S/C17H16ClN7O2/c1-26-17(6-7-17)15-20-16(21-27-15)24-9-19-14-11-4-2-3-5-12(11)23-10-22(18)8-13(23)25(14)24/h2-5,8H,6-7,9-10H2,1H3. The number of benzene rings is 1. The number of halogens is 1.